The van der Waals surface area contributed by atoms with Gasteiger partial charge in [-0.05, 0) is 37.0 Å². The number of carboxylic acid groups (broad SMARTS) is 1. The van der Waals surface area contributed by atoms with Gasteiger partial charge in [0.2, 0.25) is 0 Å². The molecule has 0 atom stereocenters. The van der Waals surface area contributed by atoms with Gasteiger partial charge in [0, 0.05) is 39.0 Å². The second-order valence-corrected chi connectivity index (χ2v) is 9.76. The van der Waals surface area contributed by atoms with Crippen molar-refractivity contribution in [2.24, 2.45) is 0 Å². The van der Waals surface area contributed by atoms with Gasteiger partial charge in [-0.25, -0.2) is 22.9 Å². The zero-order valence-electron chi connectivity index (χ0n) is 19.4. The normalized spacial score (nSPS) is 11.5. The number of hydrogen-bond donors (Lipinski definition) is 2. The van der Waals surface area contributed by atoms with Crippen LogP contribution in [0.2, 0.25) is 0 Å². The summed E-state index contributed by atoms with van der Waals surface area (Å²) in [6.07, 6.45) is 0.847. The molecule has 1 aromatic heterocycles. The average Bonchev–Trinajstić information content (AvgIpc) is 3.29. The number of halogens is 3. The molecule has 0 saturated heterocycles. The quantitative estimate of drug-likeness (QED) is 0.223. The second-order valence-electron chi connectivity index (χ2n) is 7.51. The Morgan fingerprint density at radius 2 is 1.94 bits per heavy atom. The predicted octanol–water partition coefficient (Wildman–Crippen LogP) is 6.24. The summed E-state index contributed by atoms with van der Waals surface area (Å²) in [6.45, 7) is 3.87. The lowest BCUT2D eigenvalue weighted by atomic mass is 10.1. The minimum Gasteiger partial charge on any atom is -0.478 e. The van der Waals surface area contributed by atoms with Crippen molar-refractivity contribution in [2.75, 3.05) is 23.4 Å². The SMILES string of the molecule is CCSCCOCc1cccc(-c2csc(NC(=O)c3cc(F)c(C=C(C)C(=O)O)c(F)c3)n2)c1F. The number of thiazole rings is 1. The van der Waals surface area contributed by atoms with Crippen LogP contribution in [-0.2, 0) is 16.1 Å². The van der Waals surface area contributed by atoms with E-state index in [0.717, 1.165) is 41.1 Å². The molecule has 2 aromatic carbocycles. The number of nitrogens with one attached hydrogen (secondary N) is 1. The Kier molecular flexibility index (Phi) is 9.68. The van der Waals surface area contributed by atoms with Crippen LogP contribution in [0.5, 0.6) is 0 Å². The summed E-state index contributed by atoms with van der Waals surface area (Å²) in [5.74, 6) is -3.00. The summed E-state index contributed by atoms with van der Waals surface area (Å²) in [4.78, 5) is 27.7. The lowest BCUT2D eigenvalue weighted by Crippen LogP contribution is -2.13. The zero-order valence-corrected chi connectivity index (χ0v) is 21.1. The Bertz CT molecular complexity index is 1270. The molecule has 0 bridgehead atoms. The Hall–Kier alpha value is -3.15. The number of ether oxygens (including phenoxy) is 1. The first kappa shape index (κ1) is 27.4. The molecule has 1 amide bonds. The van der Waals surface area contributed by atoms with Gasteiger partial charge in [-0.15, -0.1) is 11.3 Å². The molecular formula is C25H23F3N2O4S2. The molecule has 1 heterocycles. The van der Waals surface area contributed by atoms with Crippen molar-refractivity contribution in [3.8, 4) is 11.3 Å². The highest BCUT2D eigenvalue weighted by atomic mass is 32.2. The largest absolute Gasteiger partial charge is 0.478 e. The fourth-order valence-corrected chi connectivity index (χ4v) is 4.32. The number of hydrogen-bond acceptors (Lipinski definition) is 6. The molecule has 11 heteroatoms. The number of nitrogens with zero attached hydrogens (tertiary/aromatic N) is 1. The number of rotatable bonds is 11. The van der Waals surface area contributed by atoms with Gasteiger partial charge in [0.05, 0.1) is 18.9 Å². The Labute approximate surface area is 214 Å². The van der Waals surface area contributed by atoms with Gasteiger partial charge < -0.3 is 9.84 Å². The molecule has 36 heavy (non-hydrogen) atoms. The predicted molar refractivity (Wildman–Crippen MR) is 136 cm³/mol. The van der Waals surface area contributed by atoms with Crippen LogP contribution in [0.3, 0.4) is 0 Å². The van der Waals surface area contributed by atoms with Gasteiger partial charge in [-0.1, -0.05) is 19.1 Å². The van der Waals surface area contributed by atoms with Crippen LogP contribution < -0.4 is 5.32 Å². The van der Waals surface area contributed by atoms with Crippen molar-refractivity contribution in [1.82, 2.24) is 4.98 Å². The number of amides is 1. The van der Waals surface area contributed by atoms with Crippen molar-refractivity contribution in [2.45, 2.75) is 20.5 Å². The average molecular weight is 537 g/mol. The molecule has 0 saturated carbocycles. The van der Waals surface area contributed by atoms with Gasteiger partial charge >= 0.3 is 5.97 Å². The standard InChI is InChI=1S/C25H23F3N2O4S2/c1-3-35-8-7-34-12-15-5-4-6-17(22(15)28)21-13-36-25(29-21)30-23(31)16-10-19(26)18(20(27)11-16)9-14(2)24(32)33/h4-6,9-11,13H,3,7-8,12H2,1-2H3,(H,32,33)(H,29,30,31). The van der Waals surface area contributed by atoms with Crippen LogP contribution >= 0.6 is 23.1 Å². The van der Waals surface area contributed by atoms with Crippen LogP contribution in [-0.4, -0.2) is 40.1 Å². The second kappa shape index (κ2) is 12.7. The van der Waals surface area contributed by atoms with Crippen molar-refractivity contribution < 1.29 is 32.6 Å². The van der Waals surface area contributed by atoms with Crippen LogP contribution in [0.15, 0.2) is 41.3 Å². The maximum atomic E-state index is 15.0. The number of anilines is 1. The summed E-state index contributed by atoms with van der Waals surface area (Å²) >= 11 is 2.76. The first-order chi connectivity index (χ1) is 17.2. The van der Waals surface area contributed by atoms with E-state index in [4.69, 9.17) is 9.84 Å². The maximum absolute atomic E-state index is 15.0. The number of aliphatic carboxylic acids is 1. The zero-order chi connectivity index (χ0) is 26.2. The monoisotopic (exact) mass is 536 g/mol. The number of aromatic nitrogens is 1. The molecule has 0 radical (unpaired) electrons. The van der Waals surface area contributed by atoms with Crippen LogP contribution in [0.4, 0.5) is 18.3 Å². The molecule has 0 fully saturated rings. The molecule has 0 aliphatic rings. The Balaban J connectivity index is 1.73. The fourth-order valence-electron chi connectivity index (χ4n) is 3.09. The van der Waals surface area contributed by atoms with Crippen molar-refractivity contribution in [3.63, 3.8) is 0 Å². The molecule has 6 nitrogen and oxygen atoms in total. The van der Waals surface area contributed by atoms with E-state index >= 15 is 4.39 Å². The topological polar surface area (TPSA) is 88.5 Å². The molecular weight excluding hydrogens is 513 g/mol. The summed E-state index contributed by atoms with van der Waals surface area (Å²) in [5.41, 5.74) is -0.245. The van der Waals surface area contributed by atoms with Crippen LogP contribution in [0.25, 0.3) is 17.3 Å². The third-order valence-electron chi connectivity index (χ3n) is 4.95. The minimum absolute atomic E-state index is 0.110. The van der Waals surface area contributed by atoms with E-state index in [-0.39, 0.29) is 34.1 Å². The van der Waals surface area contributed by atoms with Crippen molar-refractivity contribution >= 4 is 46.2 Å². The molecule has 0 unspecified atom stereocenters. The van der Waals surface area contributed by atoms with Gasteiger partial charge in [0.25, 0.3) is 5.91 Å². The lowest BCUT2D eigenvalue weighted by Gasteiger charge is -2.08. The van der Waals surface area contributed by atoms with E-state index < -0.39 is 34.9 Å². The van der Waals surface area contributed by atoms with Gasteiger partial charge in [0.15, 0.2) is 5.13 Å². The third-order valence-corrected chi connectivity index (χ3v) is 6.57. The van der Waals surface area contributed by atoms with Crippen LogP contribution in [0, 0.1) is 17.5 Å². The summed E-state index contributed by atoms with van der Waals surface area (Å²) in [6, 6.07) is 6.47. The fraction of sp³-hybridized carbons (Fsp3) is 0.240. The first-order valence-electron chi connectivity index (χ1n) is 10.8. The van der Waals surface area contributed by atoms with Gasteiger partial charge in [-0.2, -0.15) is 11.8 Å². The highest BCUT2D eigenvalue weighted by Gasteiger charge is 2.18. The number of carboxylic acids is 1. The smallest absolute Gasteiger partial charge is 0.331 e. The third kappa shape index (κ3) is 6.96. The molecule has 0 spiro atoms. The molecule has 3 rings (SSSR count). The molecule has 0 aliphatic heterocycles. The number of carbonyl (C=O) groups is 2. The minimum atomic E-state index is -1.32. The molecule has 3 aromatic rings. The summed E-state index contributed by atoms with van der Waals surface area (Å²) in [7, 11) is 0. The van der Waals surface area contributed by atoms with E-state index in [1.54, 1.807) is 35.3 Å². The number of carbonyl (C=O) groups excluding carboxylic acids is 1. The van der Waals surface area contributed by atoms with E-state index in [2.05, 4.69) is 10.3 Å². The Morgan fingerprint density at radius 1 is 1.22 bits per heavy atom. The van der Waals surface area contributed by atoms with E-state index in [1.165, 1.54) is 6.92 Å². The van der Waals surface area contributed by atoms with Crippen LogP contribution in [0.1, 0.15) is 35.3 Å². The first-order valence-corrected chi connectivity index (χ1v) is 12.9. The van der Waals surface area contributed by atoms with Gasteiger partial charge in [0.1, 0.15) is 17.5 Å². The number of thioether (sulfide) groups is 1. The highest BCUT2D eigenvalue weighted by molar-refractivity contribution is 7.99. The maximum Gasteiger partial charge on any atom is 0.331 e. The number of benzene rings is 2. The lowest BCUT2D eigenvalue weighted by molar-refractivity contribution is -0.132. The molecule has 190 valence electrons. The van der Waals surface area contributed by atoms with Crippen molar-refractivity contribution in [3.05, 3.63) is 75.4 Å². The van der Waals surface area contributed by atoms with E-state index in [9.17, 15) is 18.4 Å². The molecule has 2 N–H and O–H groups in total. The highest BCUT2D eigenvalue weighted by Crippen LogP contribution is 2.29. The van der Waals surface area contributed by atoms with E-state index in [1.807, 2.05) is 6.92 Å². The molecule has 0 aliphatic carbocycles. The Morgan fingerprint density at radius 3 is 2.61 bits per heavy atom. The van der Waals surface area contributed by atoms with Gasteiger partial charge in [-0.3, -0.25) is 10.1 Å². The summed E-state index contributed by atoms with van der Waals surface area (Å²) in [5, 5.41) is 13.0. The van der Waals surface area contributed by atoms with Crippen molar-refractivity contribution in [1.29, 1.82) is 0 Å². The van der Waals surface area contributed by atoms with E-state index in [0.29, 0.717) is 12.2 Å². The summed E-state index contributed by atoms with van der Waals surface area (Å²) < 4.78 is 49.3.